The van der Waals surface area contributed by atoms with Gasteiger partial charge in [-0.3, -0.25) is 4.89 Å². The molecule has 0 saturated heterocycles. The standard InChI is InChI=1S/C12H14O4.C6H6O3S/c1-8(2)11(13)15-16-12(14)10-6-4-9(3)5-7-10;1-4-2-5(10-3-4)6(7)9-8/h4-8H,1-3H3;2-3,8H,1H3. The van der Waals surface area contributed by atoms with Gasteiger partial charge in [-0.25, -0.2) is 24.2 Å². The van der Waals surface area contributed by atoms with Gasteiger partial charge in [-0.2, -0.15) is 5.26 Å². The lowest BCUT2D eigenvalue weighted by Gasteiger charge is -2.04. The van der Waals surface area contributed by atoms with Crippen LogP contribution in [-0.2, 0) is 19.5 Å². The van der Waals surface area contributed by atoms with Gasteiger partial charge in [0.05, 0.1) is 11.5 Å². The van der Waals surface area contributed by atoms with Gasteiger partial charge in [0.25, 0.3) is 0 Å². The summed E-state index contributed by atoms with van der Waals surface area (Å²) in [5.41, 5.74) is 2.38. The van der Waals surface area contributed by atoms with Crippen LogP contribution in [0.5, 0.6) is 0 Å². The van der Waals surface area contributed by atoms with E-state index in [1.54, 1.807) is 44.2 Å². The molecule has 0 unspecified atom stereocenters. The van der Waals surface area contributed by atoms with E-state index in [4.69, 9.17) is 5.26 Å². The highest BCUT2D eigenvalue weighted by Gasteiger charge is 2.14. The fraction of sp³-hybridized carbons (Fsp3) is 0.278. The lowest BCUT2D eigenvalue weighted by molar-refractivity contribution is -0.237. The Morgan fingerprint density at radius 2 is 1.58 bits per heavy atom. The van der Waals surface area contributed by atoms with E-state index in [0.29, 0.717) is 10.4 Å². The number of rotatable bonds is 3. The lowest BCUT2D eigenvalue weighted by atomic mass is 10.2. The molecule has 0 aliphatic carbocycles. The average molecular weight is 380 g/mol. The molecule has 0 atom stereocenters. The molecule has 1 heterocycles. The van der Waals surface area contributed by atoms with Crippen LogP contribution in [0.3, 0.4) is 0 Å². The Kier molecular flexibility index (Phi) is 8.47. The van der Waals surface area contributed by atoms with Crippen LogP contribution in [0.1, 0.15) is 45.0 Å². The topological polar surface area (TPSA) is 99.1 Å². The maximum atomic E-state index is 11.4. The smallest absolute Gasteiger partial charge is 0.295 e. The third-order valence-electron chi connectivity index (χ3n) is 2.97. The van der Waals surface area contributed by atoms with Crippen LogP contribution in [0.25, 0.3) is 0 Å². The summed E-state index contributed by atoms with van der Waals surface area (Å²) in [6.07, 6.45) is 0. The summed E-state index contributed by atoms with van der Waals surface area (Å²) >= 11 is 1.25. The van der Waals surface area contributed by atoms with Crippen LogP contribution in [0, 0.1) is 19.8 Å². The van der Waals surface area contributed by atoms with E-state index in [1.807, 2.05) is 19.2 Å². The monoisotopic (exact) mass is 380 g/mol. The van der Waals surface area contributed by atoms with Gasteiger partial charge in [0.1, 0.15) is 4.88 Å². The molecule has 26 heavy (non-hydrogen) atoms. The number of carbonyl (C=O) groups excluding carboxylic acids is 3. The van der Waals surface area contributed by atoms with E-state index in [0.717, 1.165) is 11.1 Å². The Hall–Kier alpha value is -2.71. The van der Waals surface area contributed by atoms with Crippen molar-refractivity contribution in [3.63, 3.8) is 0 Å². The molecule has 0 saturated carbocycles. The minimum atomic E-state index is -0.696. The molecule has 0 radical (unpaired) electrons. The molecule has 8 heteroatoms. The molecule has 140 valence electrons. The molecule has 0 amide bonds. The van der Waals surface area contributed by atoms with Crippen molar-refractivity contribution in [2.75, 3.05) is 0 Å². The SMILES string of the molecule is Cc1ccc(C(=O)OOC(=O)C(C)C)cc1.Cc1csc(C(=O)OO)c1. The summed E-state index contributed by atoms with van der Waals surface area (Å²) in [5, 5.41) is 9.77. The number of carbonyl (C=O) groups is 3. The van der Waals surface area contributed by atoms with E-state index in [1.165, 1.54) is 11.3 Å². The molecule has 7 nitrogen and oxygen atoms in total. The predicted molar refractivity (Wildman–Crippen MR) is 94.6 cm³/mol. The second-order valence-electron chi connectivity index (χ2n) is 5.66. The van der Waals surface area contributed by atoms with Crippen LogP contribution in [0.4, 0.5) is 0 Å². The van der Waals surface area contributed by atoms with Gasteiger partial charge in [0.15, 0.2) is 0 Å². The molecular weight excluding hydrogens is 360 g/mol. The fourth-order valence-electron chi connectivity index (χ4n) is 1.50. The molecule has 1 N–H and O–H groups in total. The molecule has 0 spiro atoms. The maximum absolute atomic E-state index is 11.4. The molecule has 1 aromatic heterocycles. The van der Waals surface area contributed by atoms with Crippen LogP contribution in [0.2, 0.25) is 0 Å². The fourth-order valence-corrected chi connectivity index (χ4v) is 2.26. The molecule has 2 rings (SSSR count). The van der Waals surface area contributed by atoms with Crippen LogP contribution < -0.4 is 0 Å². The van der Waals surface area contributed by atoms with Gasteiger partial charge in [-0.15, -0.1) is 11.3 Å². The maximum Gasteiger partial charge on any atom is 0.386 e. The third-order valence-corrected chi connectivity index (χ3v) is 4.00. The molecule has 0 aliphatic rings. The first kappa shape index (κ1) is 21.3. The Labute approximate surface area is 155 Å². The minimum Gasteiger partial charge on any atom is -0.295 e. The molecule has 2 aromatic rings. The largest absolute Gasteiger partial charge is 0.386 e. The zero-order chi connectivity index (χ0) is 19.7. The zero-order valence-electron chi connectivity index (χ0n) is 14.8. The van der Waals surface area contributed by atoms with E-state index in [9.17, 15) is 14.4 Å². The molecule has 0 aliphatic heterocycles. The third kappa shape index (κ3) is 7.04. The van der Waals surface area contributed by atoms with Crippen molar-refractivity contribution < 1.29 is 34.3 Å². The lowest BCUT2D eigenvalue weighted by Crippen LogP contribution is -2.15. The zero-order valence-corrected chi connectivity index (χ0v) is 15.7. The Bertz CT molecular complexity index is 747. The summed E-state index contributed by atoms with van der Waals surface area (Å²) in [6, 6.07) is 8.44. The van der Waals surface area contributed by atoms with Gasteiger partial charge in [-0.05, 0) is 43.0 Å². The second kappa shape index (κ2) is 10.3. The first-order chi connectivity index (χ1) is 12.2. The summed E-state index contributed by atoms with van der Waals surface area (Å²) < 4.78 is 0. The van der Waals surface area contributed by atoms with Crippen molar-refractivity contribution in [1.82, 2.24) is 0 Å². The van der Waals surface area contributed by atoms with Crippen molar-refractivity contribution >= 4 is 29.2 Å². The highest BCUT2D eigenvalue weighted by molar-refractivity contribution is 7.12. The minimum absolute atomic E-state index is 0.328. The van der Waals surface area contributed by atoms with Crippen molar-refractivity contribution in [3.05, 3.63) is 57.3 Å². The van der Waals surface area contributed by atoms with Crippen LogP contribution in [-0.4, -0.2) is 23.2 Å². The quantitative estimate of drug-likeness (QED) is 0.636. The highest BCUT2D eigenvalue weighted by Crippen LogP contribution is 2.13. The van der Waals surface area contributed by atoms with E-state index < -0.39 is 17.9 Å². The van der Waals surface area contributed by atoms with Gasteiger partial charge in [0.2, 0.25) is 0 Å². The summed E-state index contributed by atoms with van der Waals surface area (Å²) in [5.74, 6) is -2.27. The molecular formula is C18H20O7S. The summed E-state index contributed by atoms with van der Waals surface area (Å²) in [6.45, 7) is 7.09. The van der Waals surface area contributed by atoms with Gasteiger partial charge >= 0.3 is 17.9 Å². The first-order valence-corrected chi connectivity index (χ1v) is 8.52. The van der Waals surface area contributed by atoms with E-state index >= 15 is 0 Å². The van der Waals surface area contributed by atoms with Gasteiger partial charge in [-0.1, -0.05) is 31.5 Å². The normalized spacial score (nSPS) is 9.77. The summed E-state index contributed by atoms with van der Waals surface area (Å²) in [7, 11) is 0. The van der Waals surface area contributed by atoms with E-state index in [2.05, 4.69) is 14.7 Å². The second-order valence-corrected chi connectivity index (χ2v) is 6.57. The Morgan fingerprint density at radius 3 is 2.04 bits per heavy atom. The number of benzene rings is 1. The molecule has 1 aromatic carbocycles. The number of hydrogen-bond acceptors (Lipinski definition) is 8. The number of aryl methyl sites for hydroxylation is 2. The van der Waals surface area contributed by atoms with Crippen molar-refractivity contribution in [2.24, 2.45) is 5.92 Å². The van der Waals surface area contributed by atoms with Gasteiger partial charge in [0, 0.05) is 0 Å². The Balaban J connectivity index is 0.000000289. The number of thiophene rings is 1. The average Bonchev–Trinajstić information content (AvgIpc) is 3.06. The van der Waals surface area contributed by atoms with Crippen molar-refractivity contribution in [2.45, 2.75) is 27.7 Å². The summed E-state index contributed by atoms with van der Waals surface area (Å²) in [4.78, 5) is 45.7. The van der Waals surface area contributed by atoms with Gasteiger partial charge < -0.3 is 0 Å². The van der Waals surface area contributed by atoms with Crippen molar-refractivity contribution in [1.29, 1.82) is 0 Å². The first-order valence-electron chi connectivity index (χ1n) is 7.64. The van der Waals surface area contributed by atoms with Crippen molar-refractivity contribution in [3.8, 4) is 0 Å². The van der Waals surface area contributed by atoms with Crippen LogP contribution >= 0.6 is 11.3 Å². The Morgan fingerprint density at radius 1 is 0.962 bits per heavy atom. The van der Waals surface area contributed by atoms with E-state index in [-0.39, 0.29) is 5.92 Å². The molecule has 0 fully saturated rings. The molecule has 0 bridgehead atoms. The number of hydrogen-bond donors (Lipinski definition) is 1. The highest BCUT2D eigenvalue weighted by atomic mass is 32.1. The van der Waals surface area contributed by atoms with Crippen LogP contribution in [0.15, 0.2) is 35.7 Å². The predicted octanol–water partition coefficient (Wildman–Crippen LogP) is 3.95.